The van der Waals surface area contributed by atoms with E-state index in [-0.39, 0.29) is 19.1 Å². The van der Waals surface area contributed by atoms with Crippen LogP contribution < -0.4 is 4.74 Å². The summed E-state index contributed by atoms with van der Waals surface area (Å²) in [5.74, 6) is -0.857. The van der Waals surface area contributed by atoms with Crippen molar-refractivity contribution in [3.8, 4) is 5.75 Å². The normalized spacial score (nSPS) is 16.5. The smallest absolute Gasteiger partial charge is 0.430 e. The van der Waals surface area contributed by atoms with E-state index in [1.54, 1.807) is 0 Å². The van der Waals surface area contributed by atoms with Gasteiger partial charge in [0, 0.05) is 5.56 Å². The van der Waals surface area contributed by atoms with Crippen LogP contribution in [0.5, 0.6) is 5.75 Å². The van der Waals surface area contributed by atoms with Gasteiger partial charge in [-0.1, -0.05) is 0 Å². The summed E-state index contributed by atoms with van der Waals surface area (Å²) in [6.45, 7) is 0.131. The van der Waals surface area contributed by atoms with Gasteiger partial charge in [-0.25, -0.2) is 0 Å². The molecule has 0 aliphatic rings. The molecule has 3 nitrogen and oxygen atoms in total. The summed E-state index contributed by atoms with van der Waals surface area (Å²) in [7, 11) is 0.769. The lowest BCUT2D eigenvalue weighted by Crippen LogP contribution is -2.54. The number of hydrogen-bond acceptors (Lipinski definition) is 3. The summed E-state index contributed by atoms with van der Waals surface area (Å²) in [6.07, 6.45) is -18.0. The van der Waals surface area contributed by atoms with Gasteiger partial charge in [0.2, 0.25) is 0 Å². The molecule has 0 radical (unpaired) electrons. The first kappa shape index (κ1) is 21.4. The number of methoxy groups -OCH3 is 1. The highest BCUT2D eigenvalue weighted by Gasteiger charge is 2.71. The molecule has 0 aromatic heterocycles. The zero-order chi connectivity index (χ0) is 20.1. The Balaban J connectivity index is 3.81. The molecule has 0 saturated heterocycles. The Morgan fingerprint density at radius 2 is 1.12 bits per heavy atom. The van der Waals surface area contributed by atoms with E-state index < -0.39 is 46.6 Å². The molecule has 0 heterocycles. The fourth-order valence-electron chi connectivity index (χ4n) is 1.86. The maximum Gasteiger partial charge on any atom is 0.430 e. The standard InChI is InChI=1S/C13H11F9O3/c1-9(23,11(14,15)16)6-3-7(5-8(4-6)25-2)10(24,12(17,18)19)13(20,21)22/h3-5,23-24H,1-2H3. The van der Waals surface area contributed by atoms with E-state index in [1.807, 2.05) is 0 Å². The van der Waals surface area contributed by atoms with Crippen LogP contribution in [0.2, 0.25) is 0 Å². The monoisotopic (exact) mass is 386 g/mol. The van der Waals surface area contributed by atoms with Crippen LogP contribution in [-0.2, 0) is 11.2 Å². The lowest BCUT2D eigenvalue weighted by Gasteiger charge is -2.34. The van der Waals surface area contributed by atoms with Gasteiger partial charge in [0.1, 0.15) is 5.75 Å². The molecule has 0 spiro atoms. The SMILES string of the molecule is COc1cc(C(C)(O)C(F)(F)F)cc(C(O)(C(F)(F)F)C(F)(F)F)c1. The van der Waals surface area contributed by atoms with Gasteiger partial charge in [-0.05, 0) is 30.7 Å². The van der Waals surface area contributed by atoms with Crippen molar-refractivity contribution < 1.29 is 54.5 Å². The molecule has 1 unspecified atom stereocenters. The second kappa shape index (κ2) is 5.94. The second-order valence-electron chi connectivity index (χ2n) is 5.23. The lowest BCUT2D eigenvalue weighted by atomic mass is 9.86. The Hall–Kier alpha value is -1.69. The molecule has 0 amide bonds. The molecule has 0 saturated carbocycles. The van der Waals surface area contributed by atoms with Gasteiger partial charge in [-0.2, -0.15) is 39.5 Å². The summed E-state index contributed by atoms with van der Waals surface area (Å²) in [5, 5.41) is 18.8. The first-order valence-electron chi connectivity index (χ1n) is 6.24. The van der Waals surface area contributed by atoms with Gasteiger partial charge >= 0.3 is 18.5 Å². The summed E-state index contributed by atoms with van der Waals surface area (Å²) in [6, 6.07) is 0.262. The van der Waals surface area contributed by atoms with Crippen molar-refractivity contribution in [2.24, 2.45) is 0 Å². The zero-order valence-electron chi connectivity index (χ0n) is 12.4. The van der Waals surface area contributed by atoms with Crippen LogP contribution >= 0.6 is 0 Å². The minimum absolute atomic E-state index is 0.0803. The van der Waals surface area contributed by atoms with Gasteiger partial charge in [-0.15, -0.1) is 0 Å². The summed E-state index contributed by atoms with van der Waals surface area (Å²) < 4.78 is 120. The Bertz CT molecular complexity index is 615. The number of ether oxygens (including phenoxy) is 1. The molecule has 25 heavy (non-hydrogen) atoms. The van der Waals surface area contributed by atoms with Gasteiger partial charge in [-0.3, -0.25) is 0 Å². The molecule has 0 bridgehead atoms. The fourth-order valence-corrected chi connectivity index (χ4v) is 1.86. The van der Waals surface area contributed by atoms with Crippen LogP contribution in [-0.4, -0.2) is 35.9 Å². The van der Waals surface area contributed by atoms with Crippen LogP contribution in [0.25, 0.3) is 0 Å². The molecular formula is C13H11F9O3. The number of rotatable bonds is 3. The van der Waals surface area contributed by atoms with Crippen molar-refractivity contribution in [2.75, 3.05) is 7.11 Å². The van der Waals surface area contributed by atoms with E-state index in [0.717, 1.165) is 7.11 Å². The maximum absolute atomic E-state index is 12.9. The predicted octanol–water partition coefficient (Wildman–Crippen LogP) is 3.78. The van der Waals surface area contributed by atoms with Crippen LogP contribution in [0.1, 0.15) is 18.1 Å². The van der Waals surface area contributed by atoms with Gasteiger partial charge < -0.3 is 14.9 Å². The molecule has 1 rings (SSSR count). The third kappa shape index (κ3) is 3.50. The highest BCUT2D eigenvalue weighted by Crippen LogP contribution is 2.51. The van der Waals surface area contributed by atoms with Crippen LogP contribution in [0.3, 0.4) is 0 Å². The zero-order valence-corrected chi connectivity index (χ0v) is 12.4. The van der Waals surface area contributed by atoms with E-state index >= 15 is 0 Å². The first-order chi connectivity index (χ1) is 10.9. The van der Waals surface area contributed by atoms with E-state index in [2.05, 4.69) is 4.74 Å². The molecule has 1 aromatic rings. The summed E-state index contributed by atoms with van der Waals surface area (Å²) >= 11 is 0. The molecule has 1 atom stereocenters. The minimum Gasteiger partial charge on any atom is -0.497 e. The van der Waals surface area contributed by atoms with Gasteiger partial charge in [0.05, 0.1) is 7.11 Å². The average molecular weight is 386 g/mol. The van der Waals surface area contributed by atoms with Gasteiger partial charge in [0.15, 0.2) is 5.60 Å². The largest absolute Gasteiger partial charge is 0.497 e. The number of benzene rings is 1. The maximum atomic E-state index is 12.9. The summed E-state index contributed by atoms with van der Waals surface area (Å²) in [4.78, 5) is 0. The lowest BCUT2D eigenvalue weighted by molar-refractivity contribution is -0.376. The van der Waals surface area contributed by atoms with Gasteiger partial charge in [0.25, 0.3) is 5.60 Å². The van der Waals surface area contributed by atoms with Crippen molar-refractivity contribution in [1.82, 2.24) is 0 Å². The molecule has 2 N–H and O–H groups in total. The highest BCUT2D eigenvalue weighted by molar-refractivity contribution is 5.42. The number of aliphatic hydroxyl groups is 2. The van der Waals surface area contributed by atoms with Crippen LogP contribution in [0, 0.1) is 0 Å². The molecule has 0 fully saturated rings. The number of hydrogen-bond donors (Lipinski definition) is 2. The van der Waals surface area contributed by atoms with E-state index in [1.165, 1.54) is 0 Å². The quantitative estimate of drug-likeness (QED) is 0.778. The molecule has 0 aliphatic heterocycles. The number of alkyl halides is 9. The van der Waals surface area contributed by atoms with Crippen molar-refractivity contribution in [3.63, 3.8) is 0 Å². The highest BCUT2D eigenvalue weighted by atomic mass is 19.4. The third-order valence-electron chi connectivity index (χ3n) is 3.49. The Morgan fingerprint density at radius 1 is 0.720 bits per heavy atom. The topological polar surface area (TPSA) is 49.7 Å². The number of halogens is 9. The molecule has 1 aromatic carbocycles. The Labute approximate surface area is 134 Å². The summed E-state index contributed by atoms with van der Waals surface area (Å²) in [5.41, 5.74) is -12.6. The van der Waals surface area contributed by atoms with Crippen molar-refractivity contribution >= 4 is 0 Å². The molecule has 144 valence electrons. The first-order valence-corrected chi connectivity index (χ1v) is 6.24. The van der Waals surface area contributed by atoms with E-state index in [4.69, 9.17) is 0 Å². The van der Waals surface area contributed by atoms with Crippen LogP contribution in [0.4, 0.5) is 39.5 Å². The van der Waals surface area contributed by atoms with Crippen LogP contribution in [0.15, 0.2) is 18.2 Å². The Morgan fingerprint density at radius 3 is 1.44 bits per heavy atom. The van der Waals surface area contributed by atoms with Crippen molar-refractivity contribution in [1.29, 1.82) is 0 Å². The predicted molar refractivity (Wildman–Crippen MR) is 64.6 cm³/mol. The molecular weight excluding hydrogens is 375 g/mol. The molecule has 0 aliphatic carbocycles. The third-order valence-corrected chi connectivity index (χ3v) is 3.49. The second-order valence-corrected chi connectivity index (χ2v) is 5.23. The van der Waals surface area contributed by atoms with Crippen molar-refractivity contribution in [3.05, 3.63) is 29.3 Å². The average Bonchev–Trinajstić information content (AvgIpc) is 2.42. The fraction of sp³-hybridized carbons (Fsp3) is 0.538. The van der Waals surface area contributed by atoms with E-state index in [9.17, 15) is 49.7 Å². The van der Waals surface area contributed by atoms with Crippen molar-refractivity contribution in [2.45, 2.75) is 36.7 Å². The van der Waals surface area contributed by atoms with E-state index in [0.29, 0.717) is 6.07 Å². The Kier molecular flexibility index (Phi) is 5.07. The minimum atomic E-state index is -6.31. The molecule has 12 heteroatoms.